The molecule has 0 saturated carbocycles. The van der Waals surface area contributed by atoms with Crippen LogP contribution in [-0.4, -0.2) is 25.3 Å². The van der Waals surface area contributed by atoms with E-state index in [2.05, 4.69) is 43.2 Å². The van der Waals surface area contributed by atoms with Gasteiger partial charge in [-0.15, -0.1) is 0 Å². The van der Waals surface area contributed by atoms with Gasteiger partial charge in [-0.1, -0.05) is 44.2 Å². The molecule has 82 valence electrons. The third-order valence-electron chi connectivity index (χ3n) is 2.14. The minimum absolute atomic E-state index is 0.103. The normalized spacial score (nSPS) is 12.0. The van der Waals surface area contributed by atoms with E-state index in [4.69, 9.17) is 0 Å². The molecule has 1 aromatic rings. The van der Waals surface area contributed by atoms with E-state index in [9.17, 15) is 0 Å². The summed E-state index contributed by atoms with van der Waals surface area (Å²) in [7, 11) is 3.88. The molecular weight excluding hydrogens is 184 g/mol. The van der Waals surface area contributed by atoms with Crippen LogP contribution < -0.4 is 0 Å². The minimum Gasteiger partial charge on any atom is -0.303 e. The topological polar surface area (TPSA) is 15.6 Å². The molecule has 0 aliphatic rings. The van der Waals surface area contributed by atoms with Crippen LogP contribution in [0, 0.1) is 5.41 Å². The third kappa shape index (κ3) is 4.63. The quantitative estimate of drug-likeness (QED) is 0.544. The van der Waals surface area contributed by atoms with E-state index in [1.165, 1.54) is 5.56 Å². The Morgan fingerprint density at radius 3 is 2.33 bits per heavy atom. The Morgan fingerprint density at radius 1 is 1.20 bits per heavy atom. The summed E-state index contributed by atoms with van der Waals surface area (Å²) >= 11 is 0. The fourth-order valence-electron chi connectivity index (χ4n) is 1.44. The molecule has 0 radical (unpaired) electrons. The molecule has 0 amide bonds. The standard InChI is InChI=1S/C13H20N2/c1-13(2,11-14-15(3)4)10-12-8-6-5-7-9-12/h5-9,11H,10H2,1-4H3/b14-11+. The molecular formula is C13H20N2. The van der Waals surface area contributed by atoms with Gasteiger partial charge in [0.05, 0.1) is 0 Å². The van der Waals surface area contributed by atoms with Crippen LogP contribution in [0.1, 0.15) is 19.4 Å². The fourth-order valence-corrected chi connectivity index (χ4v) is 1.44. The summed E-state index contributed by atoms with van der Waals surface area (Å²) in [6, 6.07) is 10.5. The lowest BCUT2D eigenvalue weighted by atomic mass is 9.87. The second-order valence-electron chi connectivity index (χ2n) is 4.74. The van der Waals surface area contributed by atoms with Gasteiger partial charge in [-0.2, -0.15) is 5.10 Å². The van der Waals surface area contributed by atoms with Crippen LogP contribution in [0.3, 0.4) is 0 Å². The first kappa shape index (κ1) is 11.8. The summed E-state index contributed by atoms with van der Waals surface area (Å²) in [5, 5.41) is 6.13. The zero-order chi connectivity index (χ0) is 11.3. The lowest BCUT2D eigenvalue weighted by molar-refractivity contribution is 0.424. The Hall–Kier alpha value is -1.31. The second kappa shape index (κ2) is 4.96. The number of hydrogen-bond acceptors (Lipinski definition) is 2. The van der Waals surface area contributed by atoms with Crippen molar-refractivity contribution in [1.29, 1.82) is 0 Å². The van der Waals surface area contributed by atoms with Crippen LogP contribution in [0.2, 0.25) is 0 Å². The zero-order valence-corrected chi connectivity index (χ0v) is 10.1. The molecule has 0 heterocycles. The van der Waals surface area contributed by atoms with Gasteiger partial charge in [-0.25, -0.2) is 0 Å². The van der Waals surface area contributed by atoms with Gasteiger partial charge >= 0.3 is 0 Å². The highest BCUT2D eigenvalue weighted by Crippen LogP contribution is 2.19. The predicted octanol–water partition coefficient (Wildman–Crippen LogP) is 2.80. The van der Waals surface area contributed by atoms with Crippen LogP contribution in [0.15, 0.2) is 35.4 Å². The van der Waals surface area contributed by atoms with E-state index in [0.29, 0.717) is 0 Å². The number of rotatable bonds is 4. The van der Waals surface area contributed by atoms with Crippen molar-refractivity contribution in [3.63, 3.8) is 0 Å². The Labute approximate surface area is 92.6 Å². The van der Waals surface area contributed by atoms with E-state index >= 15 is 0 Å². The van der Waals surface area contributed by atoms with Gasteiger partial charge in [0.1, 0.15) is 0 Å². The largest absolute Gasteiger partial charge is 0.303 e. The Morgan fingerprint density at radius 2 is 1.80 bits per heavy atom. The average molecular weight is 204 g/mol. The van der Waals surface area contributed by atoms with Crippen LogP contribution in [0.25, 0.3) is 0 Å². The van der Waals surface area contributed by atoms with E-state index in [1.54, 1.807) is 0 Å². The summed E-state index contributed by atoms with van der Waals surface area (Å²) in [5.41, 5.74) is 1.46. The summed E-state index contributed by atoms with van der Waals surface area (Å²) < 4.78 is 0. The highest BCUT2D eigenvalue weighted by atomic mass is 15.4. The number of hydrogen-bond donors (Lipinski definition) is 0. The lowest BCUT2D eigenvalue weighted by Gasteiger charge is -2.20. The third-order valence-corrected chi connectivity index (χ3v) is 2.14. The van der Waals surface area contributed by atoms with Crippen molar-refractivity contribution in [3.05, 3.63) is 35.9 Å². The molecule has 0 fully saturated rings. The molecule has 1 rings (SSSR count). The monoisotopic (exact) mass is 204 g/mol. The van der Waals surface area contributed by atoms with Crippen molar-refractivity contribution in [2.45, 2.75) is 20.3 Å². The van der Waals surface area contributed by atoms with Crippen molar-refractivity contribution >= 4 is 6.21 Å². The average Bonchev–Trinajstić information content (AvgIpc) is 2.16. The molecule has 0 spiro atoms. The van der Waals surface area contributed by atoms with Crippen LogP contribution in [0.5, 0.6) is 0 Å². The molecule has 0 aromatic heterocycles. The Balaban J connectivity index is 2.64. The molecule has 0 aliphatic carbocycles. The van der Waals surface area contributed by atoms with Gasteiger partial charge < -0.3 is 5.01 Å². The minimum atomic E-state index is 0.103. The van der Waals surface area contributed by atoms with Gasteiger partial charge in [-0.3, -0.25) is 0 Å². The van der Waals surface area contributed by atoms with Crippen molar-refractivity contribution in [2.24, 2.45) is 10.5 Å². The first-order valence-corrected chi connectivity index (χ1v) is 5.26. The highest BCUT2D eigenvalue weighted by molar-refractivity contribution is 5.64. The van der Waals surface area contributed by atoms with Crippen LogP contribution in [0.4, 0.5) is 0 Å². The van der Waals surface area contributed by atoms with Crippen molar-refractivity contribution in [1.82, 2.24) is 5.01 Å². The first-order valence-electron chi connectivity index (χ1n) is 5.26. The number of hydrazone groups is 1. The summed E-state index contributed by atoms with van der Waals surface area (Å²) in [6.07, 6.45) is 3.03. The summed E-state index contributed by atoms with van der Waals surface area (Å²) in [6.45, 7) is 4.40. The van der Waals surface area contributed by atoms with E-state index < -0.39 is 0 Å². The molecule has 0 unspecified atom stereocenters. The summed E-state index contributed by atoms with van der Waals surface area (Å²) in [4.78, 5) is 0. The van der Waals surface area contributed by atoms with Gasteiger partial charge in [0.25, 0.3) is 0 Å². The molecule has 0 atom stereocenters. The van der Waals surface area contributed by atoms with E-state index in [1.807, 2.05) is 31.4 Å². The summed E-state index contributed by atoms with van der Waals surface area (Å²) in [5.74, 6) is 0. The first-order chi connectivity index (χ1) is 6.99. The van der Waals surface area contributed by atoms with Crippen molar-refractivity contribution in [2.75, 3.05) is 14.1 Å². The Bertz CT molecular complexity index is 313. The second-order valence-corrected chi connectivity index (χ2v) is 4.74. The zero-order valence-electron chi connectivity index (χ0n) is 10.1. The number of benzene rings is 1. The fraction of sp³-hybridized carbons (Fsp3) is 0.462. The van der Waals surface area contributed by atoms with Crippen LogP contribution >= 0.6 is 0 Å². The maximum Gasteiger partial charge on any atom is 0.0304 e. The SMILES string of the molecule is CN(C)/N=C/C(C)(C)Cc1ccccc1. The van der Waals surface area contributed by atoms with Crippen LogP contribution in [-0.2, 0) is 6.42 Å². The molecule has 0 aliphatic heterocycles. The van der Waals surface area contributed by atoms with Crippen molar-refractivity contribution in [3.8, 4) is 0 Å². The number of nitrogens with zero attached hydrogens (tertiary/aromatic N) is 2. The van der Waals surface area contributed by atoms with Gasteiger partial charge in [-0.05, 0) is 12.0 Å². The smallest absolute Gasteiger partial charge is 0.0304 e. The molecule has 0 saturated heterocycles. The van der Waals surface area contributed by atoms with Crippen molar-refractivity contribution < 1.29 is 0 Å². The maximum absolute atomic E-state index is 4.30. The van der Waals surface area contributed by atoms with Gasteiger partial charge in [0, 0.05) is 25.7 Å². The molecule has 0 N–H and O–H groups in total. The molecule has 15 heavy (non-hydrogen) atoms. The van der Waals surface area contributed by atoms with E-state index in [-0.39, 0.29) is 5.41 Å². The predicted molar refractivity (Wildman–Crippen MR) is 66.1 cm³/mol. The van der Waals surface area contributed by atoms with Gasteiger partial charge in [0.2, 0.25) is 0 Å². The lowest BCUT2D eigenvalue weighted by Crippen LogP contribution is -2.18. The van der Waals surface area contributed by atoms with E-state index in [0.717, 1.165) is 6.42 Å². The molecule has 2 nitrogen and oxygen atoms in total. The molecule has 2 heteroatoms. The van der Waals surface area contributed by atoms with Gasteiger partial charge in [0.15, 0.2) is 0 Å². The maximum atomic E-state index is 4.30. The Kier molecular flexibility index (Phi) is 3.89. The highest BCUT2D eigenvalue weighted by Gasteiger charge is 2.15. The molecule has 1 aromatic carbocycles. The molecule has 0 bridgehead atoms.